The van der Waals surface area contributed by atoms with Crippen molar-refractivity contribution in [3.05, 3.63) is 57.5 Å². The fourth-order valence-corrected chi connectivity index (χ4v) is 2.88. The molecule has 1 amide bonds. The molecule has 0 radical (unpaired) electrons. The molecule has 1 aromatic carbocycles. The lowest BCUT2D eigenvalue weighted by atomic mass is 9.87. The largest absolute Gasteiger partial charge is 0.491 e. The molecule has 0 bridgehead atoms. The second kappa shape index (κ2) is 9.04. The van der Waals surface area contributed by atoms with Gasteiger partial charge in [0.15, 0.2) is 0 Å². The summed E-state index contributed by atoms with van der Waals surface area (Å²) < 4.78 is 7.41. The van der Waals surface area contributed by atoms with Gasteiger partial charge in [-0.2, -0.15) is 5.10 Å². The number of aryl methyl sites for hydroxylation is 3. The van der Waals surface area contributed by atoms with E-state index in [0.717, 1.165) is 23.3 Å². The van der Waals surface area contributed by atoms with Gasteiger partial charge in [0, 0.05) is 12.6 Å². The number of amides is 1. The molecule has 0 aliphatic carbocycles. The normalized spacial score (nSPS) is 12.5. The SMILES string of the molecule is CCCn1nc(C(=O)N[C@@H](COc2c(C)cccc2C)C(C)(C)C)ccc1=O. The number of benzene rings is 1. The molecule has 2 rings (SSSR count). The molecular weight excluding hydrogens is 354 g/mol. The van der Waals surface area contributed by atoms with Gasteiger partial charge in [0.1, 0.15) is 18.1 Å². The molecule has 0 aliphatic rings. The van der Waals surface area contributed by atoms with Gasteiger partial charge in [-0.3, -0.25) is 9.59 Å². The van der Waals surface area contributed by atoms with Crippen LogP contribution in [-0.2, 0) is 6.54 Å². The molecule has 1 N–H and O–H groups in total. The predicted octanol–water partition coefficient (Wildman–Crippen LogP) is 3.49. The summed E-state index contributed by atoms with van der Waals surface area (Å²) >= 11 is 0. The molecule has 0 aliphatic heterocycles. The Labute approximate surface area is 166 Å². The van der Waals surface area contributed by atoms with E-state index in [4.69, 9.17) is 4.74 Å². The van der Waals surface area contributed by atoms with E-state index in [-0.39, 0.29) is 28.6 Å². The lowest BCUT2D eigenvalue weighted by Crippen LogP contribution is -2.48. The van der Waals surface area contributed by atoms with Crippen molar-refractivity contribution < 1.29 is 9.53 Å². The molecule has 0 fully saturated rings. The van der Waals surface area contributed by atoms with Crippen molar-refractivity contribution >= 4 is 5.91 Å². The lowest BCUT2D eigenvalue weighted by Gasteiger charge is -2.31. The van der Waals surface area contributed by atoms with E-state index in [2.05, 4.69) is 31.2 Å². The van der Waals surface area contributed by atoms with E-state index in [0.29, 0.717) is 13.2 Å². The number of nitrogens with one attached hydrogen (secondary N) is 1. The molecule has 0 saturated carbocycles. The van der Waals surface area contributed by atoms with Crippen LogP contribution in [0.4, 0.5) is 0 Å². The zero-order chi connectivity index (χ0) is 20.9. The van der Waals surface area contributed by atoms with Crippen LogP contribution in [0.5, 0.6) is 5.75 Å². The van der Waals surface area contributed by atoms with Crippen molar-refractivity contribution in [3.63, 3.8) is 0 Å². The Morgan fingerprint density at radius 3 is 2.39 bits per heavy atom. The van der Waals surface area contributed by atoms with Crippen LogP contribution in [0.1, 0.15) is 55.7 Å². The first-order chi connectivity index (χ1) is 13.1. The highest BCUT2D eigenvalue weighted by molar-refractivity contribution is 5.92. The minimum atomic E-state index is -0.310. The number of nitrogens with zero attached hydrogens (tertiary/aromatic N) is 2. The van der Waals surface area contributed by atoms with Crippen molar-refractivity contribution in [1.82, 2.24) is 15.1 Å². The number of carbonyl (C=O) groups is 1. The van der Waals surface area contributed by atoms with Crippen molar-refractivity contribution in [3.8, 4) is 5.75 Å². The van der Waals surface area contributed by atoms with Gasteiger partial charge < -0.3 is 10.1 Å². The summed E-state index contributed by atoms with van der Waals surface area (Å²) in [4.78, 5) is 24.6. The van der Waals surface area contributed by atoms with Gasteiger partial charge in [-0.25, -0.2) is 4.68 Å². The van der Waals surface area contributed by atoms with E-state index in [1.54, 1.807) is 0 Å². The van der Waals surface area contributed by atoms with Crippen LogP contribution in [0.2, 0.25) is 0 Å². The van der Waals surface area contributed by atoms with Gasteiger partial charge >= 0.3 is 0 Å². The van der Waals surface area contributed by atoms with Crippen LogP contribution in [-0.4, -0.2) is 28.3 Å². The fourth-order valence-electron chi connectivity index (χ4n) is 2.88. The van der Waals surface area contributed by atoms with Gasteiger partial charge in [-0.05, 0) is 42.9 Å². The highest BCUT2D eigenvalue weighted by Crippen LogP contribution is 2.25. The molecule has 1 aromatic heterocycles. The summed E-state index contributed by atoms with van der Waals surface area (Å²) in [6.45, 7) is 13.0. The molecule has 1 heterocycles. The number of rotatable bonds is 7. The molecule has 0 saturated heterocycles. The molecule has 1 atom stereocenters. The maximum atomic E-state index is 12.8. The van der Waals surface area contributed by atoms with E-state index in [9.17, 15) is 9.59 Å². The maximum Gasteiger partial charge on any atom is 0.272 e. The Hall–Kier alpha value is -2.63. The van der Waals surface area contributed by atoms with E-state index < -0.39 is 0 Å². The average molecular weight is 386 g/mol. The smallest absolute Gasteiger partial charge is 0.272 e. The van der Waals surface area contributed by atoms with Crippen LogP contribution in [0.25, 0.3) is 0 Å². The number of carbonyl (C=O) groups excluding carboxylic acids is 1. The summed E-state index contributed by atoms with van der Waals surface area (Å²) in [5.41, 5.74) is 1.93. The van der Waals surface area contributed by atoms with Crippen LogP contribution in [0, 0.1) is 19.3 Å². The minimum absolute atomic E-state index is 0.205. The molecular formula is C22H31N3O3. The average Bonchev–Trinajstić information content (AvgIpc) is 2.61. The predicted molar refractivity (Wildman–Crippen MR) is 111 cm³/mol. The summed E-state index contributed by atoms with van der Waals surface area (Å²) in [5.74, 6) is 0.538. The number of para-hydroxylation sites is 1. The van der Waals surface area contributed by atoms with Gasteiger partial charge in [0.25, 0.3) is 11.5 Å². The van der Waals surface area contributed by atoms with E-state index in [1.165, 1.54) is 16.8 Å². The van der Waals surface area contributed by atoms with Gasteiger partial charge in [0.05, 0.1) is 6.04 Å². The highest BCUT2D eigenvalue weighted by atomic mass is 16.5. The van der Waals surface area contributed by atoms with Crippen LogP contribution in [0.3, 0.4) is 0 Å². The highest BCUT2D eigenvalue weighted by Gasteiger charge is 2.28. The second-order valence-corrected chi connectivity index (χ2v) is 8.20. The van der Waals surface area contributed by atoms with E-state index in [1.807, 2.05) is 39.0 Å². The lowest BCUT2D eigenvalue weighted by molar-refractivity contribution is 0.0854. The first-order valence-electron chi connectivity index (χ1n) is 9.71. The Bertz CT molecular complexity index is 861. The summed E-state index contributed by atoms with van der Waals surface area (Å²) in [5, 5.41) is 7.22. The van der Waals surface area contributed by atoms with Crippen LogP contribution in [0.15, 0.2) is 35.1 Å². The molecule has 0 spiro atoms. The van der Waals surface area contributed by atoms with Crippen LogP contribution >= 0.6 is 0 Å². The first kappa shape index (κ1) is 21.7. The van der Waals surface area contributed by atoms with Crippen molar-refractivity contribution in [2.45, 2.75) is 60.5 Å². The molecule has 6 heteroatoms. The third-order valence-electron chi connectivity index (χ3n) is 4.69. The standard InChI is InChI=1S/C22H31N3O3/c1-7-13-25-19(26)12-11-17(24-25)21(27)23-18(22(4,5)6)14-28-20-15(2)9-8-10-16(20)3/h8-12,18H,7,13-14H2,1-6H3,(H,23,27)/t18-/m0/s1. The van der Waals surface area contributed by atoms with Gasteiger partial charge in [-0.1, -0.05) is 45.9 Å². The first-order valence-corrected chi connectivity index (χ1v) is 9.71. The minimum Gasteiger partial charge on any atom is -0.491 e. The molecule has 0 unspecified atom stereocenters. The monoisotopic (exact) mass is 385 g/mol. The van der Waals surface area contributed by atoms with E-state index >= 15 is 0 Å². The third-order valence-corrected chi connectivity index (χ3v) is 4.69. The number of ether oxygens (including phenoxy) is 1. The van der Waals surface area contributed by atoms with Gasteiger partial charge in [-0.15, -0.1) is 0 Å². The second-order valence-electron chi connectivity index (χ2n) is 8.20. The Balaban J connectivity index is 2.17. The van der Waals surface area contributed by atoms with Gasteiger partial charge in [0.2, 0.25) is 0 Å². The Kier molecular flexibility index (Phi) is 7.00. The number of hydrogen-bond acceptors (Lipinski definition) is 4. The zero-order valence-corrected chi connectivity index (χ0v) is 17.7. The topological polar surface area (TPSA) is 73.2 Å². The molecule has 28 heavy (non-hydrogen) atoms. The maximum absolute atomic E-state index is 12.8. The van der Waals surface area contributed by atoms with Crippen molar-refractivity contribution in [2.75, 3.05) is 6.61 Å². The zero-order valence-electron chi connectivity index (χ0n) is 17.7. The van der Waals surface area contributed by atoms with Crippen LogP contribution < -0.4 is 15.6 Å². The summed E-state index contributed by atoms with van der Waals surface area (Å²) in [7, 11) is 0. The third kappa shape index (κ3) is 5.44. The fraction of sp³-hybridized carbons (Fsp3) is 0.500. The molecule has 152 valence electrons. The number of hydrogen-bond donors (Lipinski definition) is 1. The Morgan fingerprint density at radius 2 is 1.82 bits per heavy atom. The molecule has 2 aromatic rings. The Morgan fingerprint density at radius 1 is 1.18 bits per heavy atom. The number of aromatic nitrogens is 2. The summed E-state index contributed by atoms with van der Waals surface area (Å²) in [6, 6.07) is 8.64. The quantitative estimate of drug-likeness (QED) is 0.792. The summed E-state index contributed by atoms with van der Waals surface area (Å²) in [6.07, 6.45) is 0.770. The van der Waals surface area contributed by atoms with Crippen molar-refractivity contribution in [1.29, 1.82) is 0 Å². The molecule has 6 nitrogen and oxygen atoms in total. The van der Waals surface area contributed by atoms with Crippen molar-refractivity contribution in [2.24, 2.45) is 5.41 Å².